The molecule has 1 rings (SSSR count). The molecule has 1 aromatic rings. The van der Waals surface area contributed by atoms with Crippen molar-refractivity contribution in [2.24, 2.45) is 5.73 Å². The van der Waals surface area contributed by atoms with E-state index in [1.807, 2.05) is 48.5 Å². The molecule has 24 heavy (non-hydrogen) atoms. The van der Waals surface area contributed by atoms with Gasteiger partial charge in [-0.15, -0.1) is 0 Å². The fraction of sp³-hybridized carbons (Fsp3) is 0.556. The SMILES string of the molecule is CC(N)C(=O)O.Cc1cc(C)c(C)c(NC(=O)OC(C)(C)C)c1C. The second-order valence-electron chi connectivity index (χ2n) is 6.89. The van der Waals surface area contributed by atoms with E-state index in [0.29, 0.717) is 0 Å². The van der Waals surface area contributed by atoms with Gasteiger partial charge >= 0.3 is 12.1 Å². The van der Waals surface area contributed by atoms with Crippen molar-refractivity contribution >= 4 is 17.7 Å². The minimum absolute atomic E-state index is 0.404. The molecule has 1 aromatic carbocycles. The van der Waals surface area contributed by atoms with Gasteiger partial charge in [-0.3, -0.25) is 10.1 Å². The Bertz CT molecular complexity index is 576. The van der Waals surface area contributed by atoms with Gasteiger partial charge in [-0.25, -0.2) is 4.79 Å². The molecule has 1 amide bonds. The maximum Gasteiger partial charge on any atom is 0.412 e. The third kappa shape index (κ3) is 7.46. The molecule has 0 bridgehead atoms. The van der Waals surface area contributed by atoms with Gasteiger partial charge in [0.2, 0.25) is 0 Å². The van der Waals surface area contributed by atoms with Gasteiger partial charge in [-0.1, -0.05) is 6.07 Å². The van der Waals surface area contributed by atoms with Crippen LogP contribution < -0.4 is 11.1 Å². The van der Waals surface area contributed by atoms with Crippen LogP contribution in [0, 0.1) is 27.7 Å². The monoisotopic (exact) mass is 338 g/mol. The Morgan fingerprint density at radius 2 is 1.50 bits per heavy atom. The quantitative estimate of drug-likeness (QED) is 0.763. The van der Waals surface area contributed by atoms with Crippen molar-refractivity contribution in [3.8, 4) is 0 Å². The van der Waals surface area contributed by atoms with Gasteiger partial charge in [0.05, 0.1) is 5.69 Å². The molecule has 0 fully saturated rings. The highest BCUT2D eigenvalue weighted by Gasteiger charge is 2.18. The van der Waals surface area contributed by atoms with Crippen molar-refractivity contribution < 1.29 is 19.4 Å². The molecule has 0 spiro atoms. The molecule has 0 saturated heterocycles. The van der Waals surface area contributed by atoms with Crippen LogP contribution in [0.25, 0.3) is 0 Å². The highest BCUT2D eigenvalue weighted by molar-refractivity contribution is 5.87. The number of amides is 1. The maximum atomic E-state index is 11.8. The summed E-state index contributed by atoms with van der Waals surface area (Å²) < 4.78 is 5.28. The van der Waals surface area contributed by atoms with Crippen LogP contribution >= 0.6 is 0 Å². The van der Waals surface area contributed by atoms with E-state index < -0.39 is 23.7 Å². The van der Waals surface area contributed by atoms with Crippen LogP contribution in [-0.2, 0) is 9.53 Å². The van der Waals surface area contributed by atoms with E-state index in [2.05, 4.69) is 11.4 Å². The summed E-state index contributed by atoms with van der Waals surface area (Å²) in [5, 5.41) is 10.7. The number of nitrogens with two attached hydrogens (primary N) is 1. The minimum atomic E-state index is -0.963. The summed E-state index contributed by atoms with van der Waals surface area (Å²) in [6.07, 6.45) is -0.404. The summed E-state index contributed by atoms with van der Waals surface area (Å²) in [6.45, 7) is 15.1. The van der Waals surface area contributed by atoms with E-state index in [1.165, 1.54) is 18.1 Å². The fourth-order valence-corrected chi connectivity index (χ4v) is 1.81. The summed E-state index contributed by atoms with van der Waals surface area (Å²) in [5.41, 5.74) is 9.73. The first kappa shape index (κ1) is 21.9. The van der Waals surface area contributed by atoms with Crippen molar-refractivity contribution in [1.82, 2.24) is 0 Å². The molecule has 1 atom stereocenters. The van der Waals surface area contributed by atoms with Gasteiger partial charge in [0.1, 0.15) is 11.6 Å². The average Bonchev–Trinajstić information content (AvgIpc) is 2.40. The van der Waals surface area contributed by atoms with E-state index in [9.17, 15) is 9.59 Å². The Morgan fingerprint density at radius 3 is 1.79 bits per heavy atom. The van der Waals surface area contributed by atoms with Crippen LogP contribution in [0.4, 0.5) is 10.5 Å². The van der Waals surface area contributed by atoms with Crippen molar-refractivity contribution in [2.45, 2.75) is 67.0 Å². The number of aryl methyl sites for hydroxylation is 2. The molecule has 0 radical (unpaired) electrons. The number of hydrogen-bond donors (Lipinski definition) is 3. The molecular formula is C18H30N2O4. The topological polar surface area (TPSA) is 102 Å². The number of aliphatic carboxylic acids is 1. The third-order valence-electron chi connectivity index (χ3n) is 3.38. The van der Waals surface area contributed by atoms with Crippen LogP contribution in [0.1, 0.15) is 49.9 Å². The van der Waals surface area contributed by atoms with Gasteiger partial charge in [-0.05, 0) is 77.6 Å². The lowest BCUT2D eigenvalue weighted by atomic mass is 9.99. The zero-order valence-corrected chi connectivity index (χ0v) is 15.9. The normalized spacial score (nSPS) is 11.9. The number of carbonyl (C=O) groups is 2. The van der Waals surface area contributed by atoms with Gasteiger partial charge < -0.3 is 15.6 Å². The standard InChI is InChI=1S/C15H23NO2.C3H7NO2/c1-9-8-10(2)12(4)13(11(9)3)16-14(17)18-15(5,6)7;1-2(4)3(5)6/h8H,1-7H3,(H,16,17);2H,4H2,1H3,(H,5,6). The van der Waals surface area contributed by atoms with Crippen LogP contribution in [0.15, 0.2) is 6.07 Å². The van der Waals surface area contributed by atoms with Crippen LogP contribution in [0.3, 0.4) is 0 Å². The Balaban J connectivity index is 0.000000754. The van der Waals surface area contributed by atoms with E-state index >= 15 is 0 Å². The van der Waals surface area contributed by atoms with Gasteiger partial charge in [0.15, 0.2) is 0 Å². The Morgan fingerprint density at radius 1 is 1.12 bits per heavy atom. The Labute approximate surface area is 144 Å². The summed E-state index contributed by atoms with van der Waals surface area (Å²) in [5.74, 6) is -0.963. The lowest BCUT2D eigenvalue weighted by molar-refractivity contribution is -0.138. The molecule has 0 saturated carbocycles. The highest BCUT2D eigenvalue weighted by Crippen LogP contribution is 2.27. The summed E-state index contributed by atoms with van der Waals surface area (Å²) in [7, 11) is 0. The average molecular weight is 338 g/mol. The third-order valence-corrected chi connectivity index (χ3v) is 3.38. The smallest absolute Gasteiger partial charge is 0.412 e. The van der Waals surface area contributed by atoms with Crippen LogP contribution in [-0.4, -0.2) is 28.8 Å². The zero-order chi connectivity index (χ0) is 19.2. The number of carboxylic acid groups (broad SMARTS) is 1. The van der Waals surface area contributed by atoms with Crippen LogP contribution in [0.2, 0.25) is 0 Å². The highest BCUT2D eigenvalue weighted by atomic mass is 16.6. The van der Waals surface area contributed by atoms with E-state index in [4.69, 9.17) is 15.6 Å². The van der Waals surface area contributed by atoms with Crippen molar-refractivity contribution in [2.75, 3.05) is 5.32 Å². The number of ether oxygens (including phenoxy) is 1. The van der Waals surface area contributed by atoms with E-state index in [1.54, 1.807) is 0 Å². The molecule has 0 aliphatic carbocycles. The van der Waals surface area contributed by atoms with Gasteiger partial charge in [0.25, 0.3) is 0 Å². The Hall–Kier alpha value is -2.08. The minimum Gasteiger partial charge on any atom is -0.480 e. The molecule has 0 heterocycles. The largest absolute Gasteiger partial charge is 0.480 e. The first-order valence-electron chi connectivity index (χ1n) is 7.82. The second kappa shape index (κ2) is 8.68. The number of nitrogens with one attached hydrogen (secondary N) is 1. The summed E-state index contributed by atoms with van der Waals surface area (Å²) in [6, 6.07) is 1.40. The second-order valence-corrected chi connectivity index (χ2v) is 6.89. The molecule has 6 nitrogen and oxygen atoms in total. The molecule has 136 valence electrons. The van der Waals surface area contributed by atoms with Crippen molar-refractivity contribution in [1.29, 1.82) is 0 Å². The molecule has 6 heteroatoms. The summed E-state index contributed by atoms with van der Waals surface area (Å²) in [4.78, 5) is 21.4. The summed E-state index contributed by atoms with van der Waals surface area (Å²) >= 11 is 0. The number of rotatable bonds is 2. The van der Waals surface area contributed by atoms with Gasteiger partial charge in [-0.2, -0.15) is 0 Å². The molecule has 1 unspecified atom stereocenters. The zero-order valence-electron chi connectivity index (χ0n) is 15.9. The number of anilines is 1. The van der Waals surface area contributed by atoms with Gasteiger partial charge in [0, 0.05) is 0 Å². The molecule has 0 aromatic heterocycles. The lowest BCUT2D eigenvalue weighted by Gasteiger charge is -2.22. The Kier molecular flexibility index (Phi) is 7.93. The maximum absolute atomic E-state index is 11.8. The molecule has 0 aliphatic heterocycles. The number of carbonyl (C=O) groups excluding carboxylic acids is 1. The first-order valence-corrected chi connectivity index (χ1v) is 7.82. The number of benzene rings is 1. The molecule has 4 N–H and O–H groups in total. The molecule has 0 aliphatic rings. The number of carboxylic acids is 1. The number of hydrogen-bond acceptors (Lipinski definition) is 4. The first-order chi connectivity index (χ1) is 10.8. The van der Waals surface area contributed by atoms with E-state index in [-0.39, 0.29) is 0 Å². The van der Waals surface area contributed by atoms with Crippen molar-refractivity contribution in [3.05, 3.63) is 28.3 Å². The fourth-order valence-electron chi connectivity index (χ4n) is 1.81. The molecular weight excluding hydrogens is 308 g/mol. The predicted molar refractivity (Wildman–Crippen MR) is 96.5 cm³/mol. The van der Waals surface area contributed by atoms with Crippen LogP contribution in [0.5, 0.6) is 0 Å². The van der Waals surface area contributed by atoms with Crippen molar-refractivity contribution in [3.63, 3.8) is 0 Å². The predicted octanol–water partition coefficient (Wildman–Crippen LogP) is 3.69. The van der Waals surface area contributed by atoms with E-state index in [0.717, 1.165) is 16.8 Å². The lowest BCUT2D eigenvalue weighted by Crippen LogP contribution is -2.27.